The van der Waals surface area contributed by atoms with Gasteiger partial charge in [0.1, 0.15) is 11.5 Å². The number of amides is 2. The number of halogens is 3. The van der Waals surface area contributed by atoms with Crippen molar-refractivity contribution in [1.82, 2.24) is 5.32 Å². The topological polar surface area (TPSA) is 64.6 Å². The van der Waals surface area contributed by atoms with E-state index in [0.717, 1.165) is 24.0 Å². The predicted octanol–water partition coefficient (Wildman–Crippen LogP) is 6.93. The van der Waals surface area contributed by atoms with Gasteiger partial charge in [0, 0.05) is 11.1 Å². The number of thioether (sulfide) groups is 1. The lowest BCUT2D eigenvalue weighted by Crippen LogP contribution is -2.33. The second kappa shape index (κ2) is 8.62. The molecule has 1 heterocycles. The smallest absolute Gasteiger partial charge is 0.496 e. The number of carbonyl (C=O) groups excluding carboxylic acids is 2. The Balaban J connectivity index is 2.02. The van der Waals surface area contributed by atoms with Gasteiger partial charge in [-0.2, -0.15) is 0 Å². The molecule has 0 aromatic heterocycles. The van der Waals surface area contributed by atoms with Gasteiger partial charge in [0.15, 0.2) is 0 Å². The first-order valence-electron chi connectivity index (χ1n) is 11.1. The first-order valence-corrected chi connectivity index (χ1v) is 11.9. The third kappa shape index (κ3) is 4.91. The fourth-order valence-electron chi connectivity index (χ4n) is 4.69. The Morgan fingerprint density at radius 1 is 1.00 bits per heavy atom. The number of fused-ring (bicyclic) bond motifs is 1. The first-order chi connectivity index (χ1) is 16.2. The Morgan fingerprint density at radius 3 is 2.17 bits per heavy atom. The summed E-state index contributed by atoms with van der Waals surface area (Å²) in [5.41, 5.74) is 2.60. The standard InChI is InChI=1S/C26H26F3NO4S/c1-24(2)9-10-25(3,4)17-13-19(33-5)15(12-16(17)24)21-14(11-20-22(31)30-23(32)35-20)7-6-8-18(21)34-26(27,28)29/h6-8,11-13H,9-10H2,1-5H3,(H,30,31,32)/b20-11-. The average Bonchev–Trinajstić information content (AvgIpc) is 3.06. The van der Waals surface area contributed by atoms with Crippen LogP contribution in [0.3, 0.4) is 0 Å². The molecule has 0 spiro atoms. The molecule has 2 aliphatic rings. The summed E-state index contributed by atoms with van der Waals surface area (Å²) in [6.45, 7) is 8.51. The SMILES string of the molecule is COc1cc2c(cc1-c1c(/C=C3\SC(=O)NC3=O)cccc1OC(F)(F)F)C(C)(C)CCC2(C)C. The van der Waals surface area contributed by atoms with E-state index in [9.17, 15) is 22.8 Å². The van der Waals surface area contributed by atoms with Gasteiger partial charge < -0.3 is 9.47 Å². The van der Waals surface area contributed by atoms with Crippen LogP contribution in [0.4, 0.5) is 18.0 Å². The third-order valence-electron chi connectivity index (χ3n) is 6.66. The first kappa shape index (κ1) is 25.2. The minimum absolute atomic E-state index is 0.0822. The van der Waals surface area contributed by atoms with Crippen LogP contribution in [-0.2, 0) is 15.6 Å². The number of nitrogens with one attached hydrogen (secondary N) is 1. The number of rotatable bonds is 4. The van der Waals surface area contributed by atoms with E-state index in [1.165, 1.54) is 25.3 Å². The molecule has 2 amide bonds. The molecule has 1 aliphatic carbocycles. The Morgan fingerprint density at radius 2 is 1.63 bits per heavy atom. The maximum Gasteiger partial charge on any atom is 0.573 e. The molecule has 2 aromatic rings. The molecule has 4 rings (SSSR count). The zero-order valence-electron chi connectivity index (χ0n) is 20.1. The molecular weight excluding hydrogens is 479 g/mol. The molecule has 0 radical (unpaired) electrons. The Kier molecular flexibility index (Phi) is 6.20. The highest BCUT2D eigenvalue weighted by Crippen LogP contribution is 2.51. The predicted molar refractivity (Wildman–Crippen MR) is 130 cm³/mol. The summed E-state index contributed by atoms with van der Waals surface area (Å²) in [6.07, 6.45) is -1.66. The lowest BCUT2D eigenvalue weighted by molar-refractivity contribution is -0.274. The third-order valence-corrected chi connectivity index (χ3v) is 7.47. The highest BCUT2D eigenvalue weighted by molar-refractivity contribution is 8.18. The summed E-state index contributed by atoms with van der Waals surface area (Å²) in [7, 11) is 1.47. The fraction of sp³-hybridized carbons (Fsp3) is 0.385. The zero-order valence-corrected chi connectivity index (χ0v) is 20.9. The van der Waals surface area contributed by atoms with Crippen molar-refractivity contribution in [3.05, 3.63) is 51.9 Å². The van der Waals surface area contributed by atoms with Crippen molar-refractivity contribution in [2.45, 2.75) is 57.7 Å². The van der Waals surface area contributed by atoms with Gasteiger partial charge in [-0.15, -0.1) is 13.2 Å². The normalized spacial score (nSPS) is 19.9. The van der Waals surface area contributed by atoms with Crippen LogP contribution in [0.2, 0.25) is 0 Å². The van der Waals surface area contributed by atoms with E-state index >= 15 is 0 Å². The lowest BCUT2D eigenvalue weighted by Gasteiger charge is -2.42. The van der Waals surface area contributed by atoms with E-state index in [4.69, 9.17) is 4.74 Å². The van der Waals surface area contributed by atoms with Crippen LogP contribution < -0.4 is 14.8 Å². The van der Waals surface area contributed by atoms with Gasteiger partial charge in [0.2, 0.25) is 0 Å². The molecule has 0 atom stereocenters. The quantitative estimate of drug-likeness (QED) is 0.457. The maximum absolute atomic E-state index is 13.4. The number of benzene rings is 2. The number of hydrogen-bond donors (Lipinski definition) is 1. The molecule has 0 unspecified atom stereocenters. The van der Waals surface area contributed by atoms with Crippen molar-refractivity contribution in [1.29, 1.82) is 0 Å². The molecule has 0 bridgehead atoms. The largest absolute Gasteiger partial charge is 0.573 e. The van der Waals surface area contributed by atoms with E-state index in [1.807, 2.05) is 12.1 Å². The molecule has 1 saturated heterocycles. The van der Waals surface area contributed by atoms with E-state index in [-0.39, 0.29) is 21.3 Å². The van der Waals surface area contributed by atoms with E-state index in [2.05, 4.69) is 37.7 Å². The Hall–Kier alpha value is -2.94. The van der Waals surface area contributed by atoms with Gasteiger partial charge in [0.25, 0.3) is 11.1 Å². The van der Waals surface area contributed by atoms with Crippen molar-refractivity contribution < 1.29 is 32.2 Å². The molecule has 1 N–H and O–H groups in total. The molecule has 5 nitrogen and oxygen atoms in total. The van der Waals surface area contributed by atoms with Crippen molar-refractivity contribution in [3.63, 3.8) is 0 Å². The van der Waals surface area contributed by atoms with Crippen LogP contribution in [-0.4, -0.2) is 24.6 Å². The minimum Gasteiger partial charge on any atom is -0.496 e. The molecule has 1 aliphatic heterocycles. The molecule has 2 aromatic carbocycles. The molecular formula is C26H26F3NO4S. The van der Waals surface area contributed by atoms with Crippen molar-refractivity contribution in [3.8, 4) is 22.6 Å². The second-order valence-electron chi connectivity index (χ2n) is 9.99. The van der Waals surface area contributed by atoms with Gasteiger partial charge in [0.05, 0.1) is 12.0 Å². The summed E-state index contributed by atoms with van der Waals surface area (Å²) in [6, 6.07) is 7.99. The number of imide groups is 1. The second-order valence-corrected chi connectivity index (χ2v) is 11.0. The zero-order chi connectivity index (χ0) is 25.8. The van der Waals surface area contributed by atoms with Crippen LogP contribution >= 0.6 is 11.8 Å². The van der Waals surface area contributed by atoms with Gasteiger partial charge in [-0.05, 0) is 76.4 Å². The number of methoxy groups -OCH3 is 1. The highest BCUT2D eigenvalue weighted by atomic mass is 32.2. The van der Waals surface area contributed by atoms with Gasteiger partial charge in [-0.25, -0.2) is 0 Å². The van der Waals surface area contributed by atoms with Gasteiger partial charge >= 0.3 is 6.36 Å². The molecule has 1 fully saturated rings. The van der Waals surface area contributed by atoms with E-state index in [1.54, 1.807) is 6.07 Å². The molecule has 186 valence electrons. The molecule has 35 heavy (non-hydrogen) atoms. The van der Waals surface area contributed by atoms with Crippen LogP contribution in [0.5, 0.6) is 11.5 Å². The summed E-state index contributed by atoms with van der Waals surface area (Å²) in [4.78, 5) is 23.9. The van der Waals surface area contributed by atoms with Crippen molar-refractivity contribution >= 4 is 29.0 Å². The van der Waals surface area contributed by atoms with Gasteiger partial charge in [-0.1, -0.05) is 39.8 Å². The van der Waals surface area contributed by atoms with Crippen molar-refractivity contribution in [2.24, 2.45) is 0 Å². The summed E-state index contributed by atoms with van der Waals surface area (Å²) >= 11 is 0.691. The molecule has 0 saturated carbocycles. The van der Waals surface area contributed by atoms with Gasteiger partial charge in [-0.3, -0.25) is 14.9 Å². The molecule has 9 heteroatoms. The summed E-state index contributed by atoms with van der Waals surface area (Å²) < 4.78 is 50.3. The van der Waals surface area contributed by atoms with E-state index in [0.29, 0.717) is 28.6 Å². The van der Waals surface area contributed by atoms with Crippen molar-refractivity contribution in [2.75, 3.05) is 7.11 Å². The Bertz CT molecular complexity index is 1250. The number of ether oxygens (including phenoxy) is 2. The maximum atomic E-state index is 13.4. The minimum atomic E-state index is -4.93. The number of hydrogen-bond acceptors (Lipinski definition) is 5. The number of alkyl halides is 3. The number of carbonyl (C=O) groups is 2. The van der Waals surface area contributed by atoms with Crippen LogP contribution in [0.15, 0.2) is 35.2 Å². The summed E-state index contributed by atoms with van der Waals surface area (Å²) in [5.74, 6) is -0.631. The fourth-order valence-corrected chi connectivity index (χ4v) is 5.36. The van der Waals surface area contributed by atoms with Crippen LogP contribution in [0.25, 0.3) is 17.2 Å². The summed E-state index contributed by atoms with van der Waals surface area (Å²) in [5, 5.41) is 1.62. The monoisotopic (exact) mass is 505 g/mol. The highest BCUT2D eigenvalue weighted by Gasteiger charge is 2.39. The van der Waals surface area contributed by atoms with Crippen LogP contribution in [0, 0.1) is 0 Å². The average molecular weight is 506 g/mol. The van der Waals surface area contributed by atoms with E-state index < -0.39 is 23.3 Å². The lowest BCUT2D eigenvalue weighted by atomic mass is 9.62. The van der Waals surface area contributed by atoms with Crippen LogP contribution in [0.1, 0.15) is 57.2 Å². The Labute approximate surface area is 206 Å².